The van der Waals surface area contributed by atoms with E-state index < -0.39 is 0 Å². The lowest BCUT2D eigenvalue weighted by molar-refractivity contribution is 0.216. The maximum absolute atomic E-state index is 11.8. The second-order valence-electron chi connectivity index (χ2n) is 5.99. The smallest absolute Gasteiger partial charge is 0.256 e. The molecule has 0 saturated carbocycles. The van der Waals surface area contributed by atoms with E-state index in [1.165, 1.54) is 45.3 Å². The summed E-state index contributed by atoms with van der Waals surface area (Å²) in [6, 6.07) is 7.58. The zero-order valence-electron chi connectivity index (χ0n) is 13.0. The lowest BCUT2D eigenvalue weighted by atomic mass is 10.1. The van der Waals surface area contributed by atoms with Crippen molar-refractivity contribution in [3.63, 3.8) is 0 Å². The molecule has 1 aromatic carbocycles. The molecule has 22 heavy (non-hydrogen) atoms. The number of aromatic nitrogens is 1. The van der Waals surface area contributed by atoms with Crippen molar-refractivity contribution >= 4 is 10.8 Å². The summed E-state index contributed by atoms with van der Waals surface area (Å²) in [5, 5.41) is 1.58. The Morgan fingerprint density at radius 3 is 2.64 bits per heavy atom. The lowest BCUT2D eigenvalue weighted by Crippen LogP contribution is -2.30. The summed E-state index contributed by atoms with van der Waals surface area (Å²) in [6.07, 6.45) is 7.97. The summed E-state index contributed by atoms with van der Waals surface area (Å²) in [5.74, 6) is 0.771. The number of fused-ring (bicyclic) bond motifs is 1. The zero-order valence-corrected chi connectivity index (χ0v) is 13.0. The molecule has 1 aliphatic heterocycles. The molecule has 4 nitrogen and oxygen atoms in total. The minimum atomic E-state index is -0.0620. The molecule has 4 heteroatoms. The Kier molecular flexibility index (Phi) is 5.11. The van der Waals surface area contributed by atoms with Crippen LogP contribution in [0.5, 0.6) is 5.75 Å². The largest absolute Gasteiger partial charge is 0.491 e. The number of aromatic amines is 1. The van der Waals surface area contributed by atoms with Crippen LogP contribution in [0.1, 0.15) is 32.1 Å². The molecule has 0 spiro atoms. The number of H-pyrrole nitrogens is 1. The number of likely N-dealkylation sites (tertiary alicyclic amines) is 1. The first kappa shape index (κ1) is 15.1. The topological polar surface area (TPSA) is 45.3 Å². The number of piperidine rings is 1. The van der Waals surface area contributed by atoms with Crippen LogP contribution in [0.15, 0.2) is 35.3 Å². The summed E-state index contributed by atoms with van der Waals surface area (Å²) in [4.78, 5) is 17.1. The SMILES string of the molecule is O=c1[nH]cc(OCCCCN2CCCCC2)c2ccccc12. The number of nitrogens with one attached hydrogen (secondary N) is 1. The highest BCUT2D eigenvalue weighted by Crippen LogP contribution is 2.21. The highest BCUT2D eigenvalue weighted by atomic mass is 16.5. The van der Waals surface area contributed by atoms with Gasteiger partial charge in [-0.2, -0.15) is 0 Å². The summed E-state index contributed by atoms with van der Waals surface area (Å²) < 4.78 is 5.88. The third-order valence-electron chi connectivity index (χ3n) is 4.35. The van der Waals surface area contributed by atoms with Crippen LogP contribution >= 0.6 is 0 Å². The van der Waals surface area contributed by atoms with E-state index in [4.69, 9.17) is 4.74 Å². The monoisotopic (exact) mass is 300 g/mol. The fraction of sp³-hybridized carbons (Fsp3) is 0.500. The van der Waals surface area contributed by atoms with Crippen LogP contribution in [-0.4, -0.2) is 36.1 Å². The van der Waals surface area contributed by atoms with Crippen molar-refractivity contribution in [2.24, 2.45) is 0 Å². The number of ether oxygens (including phenoxy) is 1. The number of pyridine rings is 1. The second kappa shape index (κ2) is 7.45. The first-order chi connectivity index (χ1) is 10.8. The zero-order chi connectivity index (χ0) is 15.2. The summed E-state index contributed by atoms with van der Waals surface area (Å²) in [5.41, 5.74) is -0.0620. The van der Waals surface area contributed by atoms with Gasteiger partial charge < -0.3 is 14.6 Å². The molecule has 1 N–H and O–H groups in total. The van der Waals surface area contributed by atoms with Crippen molar-refractivity contribution in [2.45, 2.75) is 32.1 Å². The van der Waals surface area contributed by atoms with Crippen molar-refractivity contribution in [3.8, 4) is 5.75 Å². The highest BCUT2D eigenvalue weighted by Gasteiger charge is 2.09. The fourth-order valence-electron chi connectivity index (χ4n) is 3.10. The average Bonchev–Trinajstić information content (AvgIpc) is 2.58. The molecule has 0 atom stereocenters. The van der Waals surface area contributed by atoms with Crippen molar-refractivity contribution in [1.29, 1.82) is 0 Å². The molecule has 0 aliphatic carbocycles. The van der Waals surface area contributed by atoms with Gasteiger partial charge in [0.2, 0.25) is 0 Å². The molecular formula is C18H24N2O2. The number of hydrogen-bond acceptors (Lipinski definition) is 3. The molecule has 2 aromatic rings. The Bertz CT molecular complexity index is 659. The minimum absolute atomic E-state index is 0.0620. The molecule has 0 unspecified atom stereocenters. The molecule has 3 rings (SSSR count). The van der Waals surface area contributed by atoms with Crippen LogP contribution in [-0.2, 0) is 0 Å². The summed E-state index contributed by atoms with van der Waals surface area (Å²) >= 11 is 0. The Balaban J connectivity index is 1.49. The fourth-order valence-corrected chi connectivity index (χ4v) is 3.10. The van der Waals surface area contributed by atoms with Crippen molar-refractivity contribution in [3.05, 3.63) is 40.8 Å². The quantitative estimate of drug-likeness (QED) is 0.833. The predicted molar refractivity (Wildman–Crippen MR) is 89.6 cm³/mol. The van der Waals surface area contributed by atoms with Gasteiger partial charge in [-0.15, -0.1) is 0 Å². The number of nitrogens with zero attached hydrogens (tertiary/aromatic N) is 1. The van der Waals surface area contributed by atoms with Gasteiger partial charge in [0.25, 0.3) is 5.56 Å². The average molecular weight is 300 g/mol. The lowest BCUT2D eigenvalue weighted by Gasteiger charge is -2.26. The van der Waals surface area contributed by atoms with Gasteiger partial charge in [0, 0.05) is 11.6 Å². The maximum Gasteiger partial charge on any atom is 0.256 e. The molecule has 1 saturated heterocycles. The van der Waals surface area contributed by atoms with Crippen molar-refractivity contribution in [1.82, 2.24) is 9.88 Å². The first-order valence-electron chi connectivity index (χ1n) is 8.30. The highest BCUT2D eigenvalue weighted by molar-refractivity contribution is 5.86. The third-order valence-corrected chi connectivity index (χ3v) is 4.35. The number of rotatable bonds is 6. The number of unbranched alkanes of at least 4 members (excludes halogenated alkanes) is 1. The van der Waals surface area contributed by atoms with Gasteiger partial charge in [0.15, 0.2) is 0 Å². The number of benzene rings is 1. The second-order valence-corrected chi connectivity index (χ2v) is 5.99. The van der Waals surface area contributed by atoms with Crippen LogP contribution < -0.4 is 10.3 Å². The van der Waals surface area contributed by atoms with Crippen molar-refractivity contribution in [2.75, 3.05) is 26.2 Å². The minimum Gasteiger partial charge on any atom is -0.491 e. The molecule has 118 valence electrons. The molecule has 1 fully saturated rings. The third kappa shape index (κ3) is 3.69. The Hall–Kier alpha value is -1.81. The molecule has 2 heterocycles. The van der Waals surface area contributed by atoms with E-state index in [9.17, 15) is 4.79 Å². The predicted octanol–water partition coefficient (Wildman–Crippen LogP) is 3.17. The summed E-state index contributed by atoms with van der Waals surface area (Å²) in [7, 11) is 0. The van der Waals surface area contributed by atoms with E-state index in [-0.39, 0.29) is 5.56 Å². The van der Waals surface area contributed by atoms with E-state index in [0.717, 1.165) is 17.6 Å². The van der Waals surface area contributed by atoms with E-state index in [2.05, 4.69) is 9.88 Å². The van der Waals surface area contributed by atoms with Gasteiger partial charge >= 0.3 is 0 Å². The molecule has 0 radical (unpaired) electrons. The van der Waals surface area contributed by atoms with E-state index in [1.54, 1.807) is 6.20 Å². The molecule has 0 amide bonds. The Morgan fingerprint density at radius 1 is 1.05 bits per heavy atom. The van der Waals surface area contributed by atoms with Gasteiger partial charge in [-0.3, -0.25) is 4.79 Å². The molecule has 1 aromatic heterocycles. The van der Waals surface area contributed by atoms with Gasteiger partial charge in [0.1, 0.15) is 5.75 Å². The van der Waals surface area contributed by atoms with Crippen LogP contribution in [0.25, 0.3) is 10.8 Å². The van der Waals surface area contributed by atoms with Crippen LogP contribution in [0, 0.1) is 0 Å². The van der Waals surface area contributed by atoms with E-state index in [1.807, 2.05) is 24.3 Å². The standard InChI is InChI=1S/C18H24N2O2/c21-18-16-9-3-2-8-15(16)17(14-19-18)22-13-7-6-12-20-10-4-1-5-11-20/h2-3,8-9,14H,1,4-7,10-13H2,(H,19,21). The Labute approximate surface area is 131 Å². The van der Waals surface area contributed by atoms with Crippen LogP contribution in [0.2, 0.25) is 0 Å². The summed E-state index contributed by atoms with van der Waals surface area (Å²) in [6.45, 7) is 4.39. The van der Waals surface area contributed by atoms with Crippen LogP contribution in [0.3, 0.4) is 0 Å². The van der Waals surface area contributed by atoms with Crippen molar-refractivity contribution < 1.29 is 4.74 Å². The van der Waals surface area contributed by atoms with Gasteiger partial charge in [-0.1, -0.05) is 24.6 Å². The first-order valence-corrected chi connectivity index (χ1v) is 8.30. The van der Waals surface area contributed by atoms with Crippen LogP contribution in [0.4, 0.5) is 0 Å². The normalized spacial score (nSPS) is 16.0. The van der Waals surface area contributed by atoms with Gasteiger partial charge in [-0.25, -0.2) is 0 Å². The maximum atomic E-state index is 11.8. The Morgan fingerprint density at radius 2 is 1.82 bits per heavy atom. The van der Waals surface area contributed by atoms with Gasteiger partial charge in [-0.05, 0) is 51.4 Å². The van der Waals surface area contributed by atoms with E-state index >= 15 is 0 Å². The molecule has 1 aliphatic rings. The van der Waals surface area contributed by atoms with Gasteiger partial charge in [0.05, 0.1) is 12.0 Å². The molecule has 0 bridgehead atoms. The van der Waals surface area contributed by atoms with E-state index in [0.29, 0.717) is 12.0 Å². The molecular weight excluding hydrogens is 276 g/mol. The number of hydrogen-bond donors (Lipinski definition) is 1.